The van der Waals surface area contributed by atoms with Gasteiger partial charge in [0.2, 0.25) is 0 Å². The van der Waals surface area contributed by atoms with Crippen LogP contribution < -0.4 is 5.73 Å². The van der Waals surface area contributed by atoms with Crippen molar-refractivity contribution in [3.05, 3.63) is 28.8 Å². The number of amides is 1. The van der Waals surface area contributed by atoms with Crippen molar-refractivity contribution >= 4 is 33.0 Å². The molecule has 1 aliphatic rings. The van der Waals surface area contributed by atoms with Crippen molar-refractivity contribution in [1.82, 2.24) is 4.90 Å². The molecule has 1 amide bonds. The van der Waals surface area contributed by atoms with Gasteiger partial charge in [-0.15, -0.1) is 0 Å². The number of sulfone groups is 1. The Balaban J connectivity index is 2.25. The highest BCUT2D eigenvalue weighted by atomic mass is 35.5. The maximum Gasteiger partial charge on any atom is 0.257 e. The van der Waals surface area contributed by atoms with Gasteiger partial charge in [0.25, 0.3) is 5.91 Å². The average Bonchev–Trinajstić information content (AvgIpc) is 2.68. The van der Waals surface area contributed by atoms with E-state index < -0.39 is 9.84 Å². The largest absolute Gasteiger partial charge is 0.398 e. The monoisotopic (exact) mass is 302 g/mol. The Labute approximate surface area is 117 Å². The van der Waals surface area contributed by atoms with Crippen molar-refractivity contribution in [2.75, 3.05) is 24.3 Å². The van der Waals surface area contributed by atoms with Gasteiger partial charge in [0.05, 0.1) is 22.1 Å². The standard InChI is InChI=1S/C12H15ClN2O3S/c1-15(8-5-6-19(17,18)7-8)12(16)11-9(13)3-2-4-10(11)14/h2-4,8H,5-7,14H2,1H3. The van der Waals surface area contributed by atoms with Crippen LogP contribution in [0.1, 0.15) is 16.8 Å². The van der Waals surface area contributed by atoms with Crippen molar-refractivity contribution < 1.29 is 13.2 Å². The van der Waals surface area contributed by atoms with Crippen LogP contribution in [-0.2, 0) is 9.84 Å². The number of nitrogens with two attached hydrogens (primary N) is 1. The highest BCUT2D eigenvalue weighted by Crippen LogP contribution is 2.26. The van der Waals surface area contributed by atoms with E-state index in [9.17, 15) is 13.2 Å². The zero-order chi connectivity index (χ0) is 14.2. The van der Waals surface area contributed by atoms with Crippen LogP contribution in [0.15, 0.2) is 18.2 Å². The SMILES string of the molecule is CN(C(=O)c1c(N)cccc1Cl)C1CCS(=O)(=O)C1. The number of nitrogen functional groups attached to an aromatic ring is 1. The minimum absolute atomic E-state index is 0.000399. The van der Waals surface area contributed by atoms with Crippen molar-refractivity contribution in [2.45, 2.75) is 12.5 Å². The van der Waals surface area contributed by atoms with E-state index in [0.29, 0.717) is 12.1 Å². The average molecular weight is 303 g/mol. The lowest BCUT2D eigenvalue weighted by Crippen LogP contribution is -2.38. The Hall–Kier alpha value is -1.27. The molecule has 0 saturated carbocycles. The predicted molar refractivity (Wildman–Crippen MR) is 75.0 cm³/mol. The first-order valence-electron chi connectivity index (χ1n) is 5.83. The van der Waals surface area contributed by atoms with Crippen LogP contribution in [0.3, 0.4) is 0 Å². The number of hydrogen-bond donors (Lipinski definition) is 1. The zero-order valence-electron chi connectivity index (χ0n) is 10.5. The number of benzene rings is 1. The first kappa shape index (κ1) is 14.1. The quantitative estimate of drug-likeness (QED) is 0.832. The molecule has 1 heterocycles. The van der Waals surface area contributed by atoms with Gasteiger partial charge in [-0.25, -0.2) is 8.42 Å². The van der Waals surface area contributed by atoms with Crippen molar-refractivity contribution in [3.8, 4) is 0 Å². The summed E-state index contributed by atoms with van der Waals surface area (Å²) in [7, 11) is -1.45. The summed E-state index contributed by atoms with van der Waals surface area (Å²) in [6.07, 6.45) is 0.453. The molecule has 1 aliphatic heterocycles. The lowest BCUT2D eigenvalue weighted by molar-refractivity contribution is 0.0749. The van der Waals surface area contributed by atoms with E-state index in [0.717, 1.165) is 0 Å². The van der Waals surface area contributed by atoms with E-state index in [1.54, 1.807) is 25.2 Å². The Kier molecular flexibility index (Phi) is 3.73. The van der Waals surface area contributed by atoms with Crippen molar-refractivity contribution in [3.63, 3.8) is 0 Å². The van der Waals surface area contributed by atoms with Crippen molar-refractivity contribution in [2.24, 2.45) is 0 Å². The topological polar surface area (TPSA) is 80.5 Å². The van der Waals surface area contributed by atoms with E-state index in [1.165, 1.54) is 4.90 Å². The molecule has 19 heavy (non-hydrogen) atoms. The lowest BCUT2D eigenvalue weighted by Gasteiger charge is -2.24. The van der Waals surface area contributed by atoms with Crippen LogP contribution in [0.2, 0.25) is 5.02 Å². The summed E-state index contributed by atoms with van der Waals surface area (Å²) in [6.45, 7) is 0. The van der Waals surface area contributed by atoms with Crippen LogP contribution in [0, 0.1) is 0 Å². The van der Waals surface area contributed by atoms with E-state index >= 15 is 0 Å². The number of nitrogens with zero attached hydrogens (tertiary/aromatic N) is 1. The molecule has 0 aliphatic carbocycles. The molecule has 2 N–H and O–H groups in total. The Morgan fingerprint density at radius 2 is 2.16 bits per heavy atom. The maximum absolute atomic E-state index is 12.4. The third-order valence-electron chi connectivity index (χ3n) is 3.34. The minimum atomic E-state index is -3.03. The first-order chi connectivity index (χ1) is 8.82. The minimum Gasteiger partial charge on any atom is -0.398 e. The molecule has 1 aromatic carbocycles. The van der Waals surface area contributed by atoms with Gasteiger partial charge in [-0.2, -0.15) is 0 Å². The number of rotatable bonds is 2. The third-order valence-corrected chi connectivity index (χ3v) is 5.40. The summed E-state index contributed by atoms with van der Waals surface area (Å²) in [6, 6.07) is 4.53. The fourth-order valence-corrected chi connectivity index (χ4v) is 4.23. The van der Waals surface area contributed by atoms with Crippen LogP contribution in [0.5, 0.6) is 0 Å². The predicted octanol–water partition coefficient (Wildman–Crippen LogP) is 1.18. The second-order valence-corrected chi connectivity index (χ2v) is 7.31. The Morgan fingerprint density at radius 1 is 1.47 bits per heavy atom. The molecular weight excluding hydrogens is 288 g/mol. The molecule has 1 fully saturated rings. The molecule has 1 atom stereocenters. The van der Waals surface area contributed by atoms with Gasteiger partial charge in [0, 0.05) is 18.8 Å². The van der Waals surface area contributed by atoms with E-state index in [1.807, 2.05) is 0 Å². The fraction of sp³-hybridized carbons (Fsp3) is 0.417. The molecule has 104 valence electrons. The molecule has 2 rings (SSSR count). The Bertz CT molecular complexity index is 595. The maximum atomic E-state index is 12.4. The number of carbonyl (C=O) groups is 1. The van der Waals surface area contributed by atoms with Gasteiger partial charge in [-0.1, -0.05) is 17.7 Å². The van der Waals surface area contributed by atoms with E-state index in [2.05, 4.69) is 0 Å². The molecule has 5 nitrogen and oxygen atoms in total. The summed E-state index contributed by atoms with van der Waals surface area (Å²) in [4.78, 5) is 13.8. The molecule has 0 radical (unpaired) electrons. The van der Waals surface area contributed by atoms with Gasteiger partial charge < -0.3 is 10.6 Å². The summed E-state index contributed by atoms with van der Waals surface area (Å²) in [5.74, 6) is -0.224. The molecule has 7 heteroatoms. The smallest absolute Gasteiger partial charge is 0.257 e. The molecule has 0 bridgehead atoms. The van der Waals surface area contributed by atoms with Crippen LogP contribution in [0.25, 0.3) is 0 Å². The summed E-state index contributed by atoms with van der Waals surface area (Å²) >= 11 is 5.99. The summed E-state index contributed by atoms with van der Waals surface area (Å²) in [5.41, 5.74) is 6.29. The second kappa shape index (κ2) is 5.02. The Morgan fingerprint density at radius 3 is 2.68 bits per heavy atom. The molecule has 0 spiro atoms. The van der Waals surface area contributed by atoms with E-state index in [4.69, 9.17) is 17.3 Å². The highest BCUT2D eigenvalue weighted by molar-refractivity contribution is 7.91. The molecule has 1 aromatic rings. The first-order valence-corrected chi connectivity index (χ1v) is 8.03. The van der Waals surface area contributed by atoms with Crippen LogP contribution in [-0.4, -0.2) is 43.8 Å². The zero-order valence-corrected chi connectivity index (χ0v) is 12.0. The fourth-order valence-electron chi connectivity index (χ4n) is 2.19. The number of carbonyl (C=O) groups excluding carboxylic acids is 1. The normalized spacial score (nSPS) is 21.3. The molecular formula is C12H15ClN2O3S. The summed E-state index contributed by atoms with van der Waals surface area (Å²) < 4.78 is 22.9. The summed E-state index contributed by atoms with van der Waals surface area (Å²) in [5, 5.41) is 0.276. The molecule has 1 saturated heterocycles. The van der Waals surface area contributed by atoms with Gasteiger partial charge in [0.1, 0.15) is 0 Å². The number of halogens is 1. The number of anilines is 1. The van der Waals surface area contributed by atoms with Crippen LogP contribution >= 0.6 is 11.6 Å². The number of hydrogen-bond acceptors (Lipinski definition) is 4. The van der Waals surface area contributed by atoms with Gasteiger partial charge in [-0.05, 0) is 18.6 Å². The van der Waals surface area contributed by atoms with Crippen LogP contribution in [0.4, 0.5) is 5.69 Å². The second-order valence-electron chi connectivity index (χ2n) is 4.68. The third kappa shape index (κ3) is 2.84. The highest BCUT2D eigenvalue weighted by Gasteiger charge is 2.33. The lowest BCUT2D eigenvalue weighted by atomic mass is 10.1. The van der Waals surface area contributed by atoms with E-state index in [-0.39, 0.29) is 34.0 Å². The molecule has 1 unspecified atom stereocenters. The van der Waals surface area contributed by atoms with Gasteiger partial charge in [-0.3, -0.25) is 4.79 Å². The van der Waals surface area contributed by atoms with Crippen molar-refractivity contribution in [1.29, 1.82) is 0 Å². The van der Waals surface area contributed by atoms with Gasteiger partial charge in [0.15, 0.2) is 9.84 Å². The molecule has 0 aromatic heterocycles. The van der Waals surface area contributed by atoms with Gasteiger partial charge >= 0.3 is 0 Å².